The first-order valence-electron chi connectivity index (χ1n) is 8.83. The number of carboxylic acid groups (broad SMARTS) is 1. The summed E-state index contributed by atoms with van der Waals surface area (Å²) >= 11 is 0. The van der Waals surface area contributed by atoms with E-state index in [2.05, 4.69) is 25.9 Å². The zero-order valence-corrected chi connectivity index (χ0v) is 15.0. The van der Waals surface area contributed by atoms with Crippen LogP contribution in [0.5, 0.6) is 0 Å². The molecule has 0 unspecified atom stereocenters. The lowest BCUT2D eigenvalue weighted by atomic mass is 9.92. The Morgan fingerprint density at radius 1 is 1.29 bits per heavy atom. The zero-order valence-electron chi connectivity index (χ0n) is 15.0. The maximum Gasteiger partial charge on any atom is 0.308 e. The van der Waals surface area contributed by atoms with Gasteiger partial charge >= 0.3 is 5.97 Å². The Hall–Kier alpha value is -1.85. The number of hydrogen-bond acceptors (Lipinski definition) is 3. The molecule has 0 radical (unpaired) electrons. The molecule has 1 aromatic rings. The molecule has 2 atom stereocenters. The minimum Gasteiger partial charge on any atom is -0.481 e. The van der Waals surface area contributed by atoms with Gasteiger partial charge in [0.2, 0.25) is 0 Å². The van der Waals surface area contributed by atoms with E-state index < -0.39 is 11.9 Å². The van der Waals surface area contributed by atoms with Gasteiger partial charge in [0.1, 0.15) is 0 Å². The van der Waals surface area contributed by atoms with Crippen LogP contribution in [0.2, 0.25) is 0 Å². The van der Waals surface area contributed by atoms with Crippen molar-refractivity contribution >= 4 is 11.9 Å². The van der Waals surface area contributed by atoms with Crippen molar-refractivity contribution in [2.24, 2.45) is 17.8 Å². The van der Waals surface area contributed by atoms with Crippen molar-refractivity contribution in [3.63, 3.8) is 0 Å². The summed E-state index contributed by atoms with van der Waals surface area (Å²) in [5.41, 5.74) is 1.36. The van der Waals surface area contributed by atoms with Crippen molar-refractivity contribution in [3.05, 3.63) is 17.5 Å². The summed E-state index contributed by atoms with van der Waals surface area (Å²) in [7, 11) is 0. The SMILES string of the molecule is CCc1c(C(=O)N2C[C@H](C(=O)O)[C@@H](C3CC3)C2)cnn1C(C)(C)C. The van der Waals surface area contributed by atoms with E-state index in [9.17, 15) is 14.7 Å². The normalized spacial score (nSPS) is 24.4. The van der Waals surface area contributed by atoms with Gasteiger partial charge in [-0.3, -0.25) is 14.3 Å². The van der Waals surface area contributed by atoms with Crippen molar-refractivity contribution in [2.75, 3.05) is 13.1 Å². The summed E-state index contributed by atoms with van der Waals surface area (Å²) in [5, 5.41) is 13.9. The topological polar surface area (TPSA) is 75.4 Å². The number of rotatable bonds is 4. The molecule has 2 fully saturated rings. The first-order valence-corrected chi connectivity index (χ1v) is 8.83. The molecule has 0 aromatic carbocycles. The van der Waals surface area contributed by atoms with Crippen LogP contribution in [-0.2, 0) is 16.8 Å². The molecule has 0 bridgehead atoms. The molecule has 0 spiro atoms. The molecule has 2 heterocycles. The van der Waals surface area contributed by atoms with Gasteiger partial charge in [0.15, 0.2) is 0 Å². The third kappa shape index (κ3) is 2.94. The lowest BCUT2D eigenvalue weighted by Crippen LogP contribution is -2.31. The molecule has 1 aliphatic carbocycles. The molecule has 1 saturated heterocycles. The largest absolute Gasteiger partial charge is 0.481 e. The summed E-state index contributed by atoms with van der Waals surface area (Å²) in [5.74, 6) is -0.690. The Bertz CT molecular complexity index is 655. The van der Waals surface area contributed by atoms with Gasteiger partial charge in [-0.25, -0.2) is 0 Å². The lowest BCUT2D eigenvalue weighted by molar-refractivity contribution is -0.142. The van der Waals surface area contributed by atoms with Crippen LogP contribution in [0.15, 0.2) is 6.20 Å². The Labute approximate surface area is 142 Å². The fraction of sp³-hybridized carbons (Fsp3) is 0.722. The van der Waals surface area contributed by atoms with Gasteiger partial charge in [-0.1, -0.05) is 6.92 Å². The molecule has 1 amide bonds. The average molecular weight is 333 g/mol. The fourth-order valence-electron chi connectivity index (χ4n) is 3.90. The minimum atomic E-state index is -0.775. The quantitative estimate of drug-likeness (QED) is 0.918. The van der Waals surface area contributed by atoms with E-state index >= 15 is 0 Å². The highest BCUT2D eigenvalue weighted by Gasteiger charge is 2.47. The lowest BCUT2D eigenvalue weighted by Gasteiger charge is -2.23. The second kappa shape index (κ2) is 5.90. The molecule has 1 aromatic heterocycles. The Morgan fingerprint density at radius 2 is 1.96 bits per heavy atom. The third-order valence-corrected chi connectivity index (χ3v) is 5.27. The number of aliphatic carboxylic acids is 1. The Balaban J connectivity index is 1.85. The summed E-state index contributed by atoms with van der Waals surface area (Å²) < 4.78 is 1.91. The standard InChI is InChI=1S/C18H27N3O3/c1-5-15-12(8-19-21(15)18(2,3)4)16(22)20-9-13(11-6-7-11)14(10-20)17(23)24/h8,11,13-14H,5-7,9-10H2,1-4H3,(H,23,24)/t13-,14+/m1/s1. The number of carbonyl (C=O) groups is 2. The predicted molar refractivity (Wildman–Crippen MR) is 89.8 cm³/mol. The van der Waals surface area contributed by atoms with Gasteiger partial charge < -0.3 is 10.0 Å². The fourth-order valence-corrected chi connectivity index (χ4v) is 3.90. The van der Waals surface area contributed by atoms with Gasteiger partial charge in [0.05, 0.1) is 28.9 Å². The van der Waals surface area contributed by atoms with Gasteiger partial charge in [0, 0.05) is 13.1 Å². The van der Waals surface area contributed by atoms with E-state index in [1.165, 1.54) is 0 Å². The van der Waals surface area contributed by atoms with E-state index in [1.54, 1.807) is 11.1 Å². The van der Waals surface area contributed by atoms with Gasteiger partial charge in [0.25, 0.3) is 5.91 Å². The van der Waals surface area contributed by atoms with Gasteiger partial charge in [-0.15, -0.1) is 0 Å². The predicted octanol–water partition coefficient (Wildman–Crippen LogP) is 2.38. The van der Waals surface area contributed by atoms with Crippen LogP contribution in [-0.4, -0.2) is 44.8 Å². The van der Waals surface area contributed by atoms with Crippen LogP contribution in [0.3, 0.4) is 0 Å². The summed E-state index contributed by atoms with van der Waals surface area (Å²) in [4.78, 5) is 26.3. The molecular formula is C18H27N3O3. The van der Waals surface area contributed by atoms with E-state index in [0.717, 1.165) is 25.0 Å². The Kier molecular flexibility index (Phi) is 4.18. The number of amides is 1. The number of likely N-dealkylation sites (tertiary alicyclic amines) is 1. The first kappa shape index (κ1) is 17.0. The van der Waals surface area contributed by atoms with Crippen molar-refractivity contribution in [3.8, 4) is 0 Å². The van der Waals surface area contributed by atoms with Crippen molar-refractivity contribution in [1.82, 2.24) is 14.7 Å². The molecule has 6 heteroatoms. The van der Waals surface area contributed by atoms with Gasteiger partial charge in [-0.2, -0.15) is 5.10 Å². The first-order chi connectivity index (χ1) is 11.2. The molecule has 3 rings (SSSR count). The monoisotopic (exact) mass is 333 g/mol. The summed E-state index contributed by atoms with van der Waals surface area (Å²) in [6, 6.07) is 0. The van der Waals surface area contributed by atoms with E-state index in [-0.39, 0.29) is 17.4 Å². The van der Waals surface area contributed by atoms with Crippen LogP contribution in [0.4, 0.5) is 0 Å². The molecule has 6 nitrogen and oxygen atoms in total. The van der Waals surface area contributed by atoms with E-state index in [0.29, 0.717) is 24.6 Å². The van der Waals surface area contributed by atoms with Crippen LogP contribution >= 0.6 is 0 Å². The molecule has 132 valence electrons. The number of carbonyl (C=O) groups excluding carboxylic acids is 1. The van der Waals surface area contributed by atoms with Gasteiger partial charge in [-0.05, 0) is 51.9 Å². The van der Waals surface area contributed by atoms with Crippen molar-refractivity contribution in [1.29, 1.82) is 0 Å². The van der Waals surface area contributed by atoms with Crippen molar-refractivity contribution in [2.45, 2.75) is 52.5 Å². The van der Waals surface area contributed by atoms with E-state index in [4.69, 9.17) is 0 Å². The highest BCUT2D eigenvalue weighted by Crippen LogP contribution is 2.44. The molecule has 1 N–H and O–H groups in total. The molecular weight excluding hydrogens is 306 g/mol. The molecule has 2 aliphatic rings. The van der Waals surface area contributed by atoms with Crippen molar-refractivity contribution < 1.29 is 14.7 Å². The summed E-state index contributed by atoms with van der Waals surface area (Å²) in [6.45, 7) is 9.09. The highest BCUT2D eigenvalue weighted by atomic mass is 16.4. The van der Waals surface area contributed by atoms with Crippen LogP contribution in [0.25, 0.3) is 0 Å². The van der Waals surface area contributed by atoms with Crippen LogP contribution in [0.1, 0.15) is 56.6 Å². The molecule has 24 heavy (non-hydrogen) atoms. The third-order valence-electron chi connectivity index (χ3n) is 5.27. The maximum absolute atomic E-state index is 13.0. The van der Waals surface area contributed by atoms with Crippen LogP contribution in [0, 0.1) is 17.8 Å². The number of nitrogens with zero attached hydrogens (tertiary/aromatic N) is 3. The second-order valence-corrected chi connectivity index (χ2v) is 8.10. The average Bonchev–Trinajstić information content (AvgIpc) is 3.10. The minimum absolute atomic E-state index is 0.0725. The Morgan fingerprint density at radius 3 is 2.46 bits per heavy atom. The smallest absolute Gasteiger partial charge is 0.308 e. The number of carboxylic acids is 1. The molecule has 1 saturated carbocycles. The number of hydrogen-bond donors (Lipinski definition) is 1. The molecule has 1 aliphatic heterocycles. The maximum atomic E-state index is 13.0. The van der Waals surface area contributed by atoms with E-state index in [1.807, 2.05) is 11.6 Å². The summed E-state index contributed by atoms with van der Waals surface area (Å²) in [6.07, 6.45) is 4.56. The van der Waals surface area contributed by atoms with Crippen LogP contribution < -0.4 is 0 Å². The second-order valence-electron chi connectivity index (χ2n) is 8.10. The zero-order chi connectivity index (χ0) is 17.6. The highest BCUT2D eigenvalue weighted by molar-refractivity contribution is 5.95. The number of aromatic nitrogens is 2.